The standard InChI is InChI=1S/C23H27N7O2/c1-16-2-7-22(28-27-16)26-18-3-5-20(6-4-18)32-21-12-19(29-8-10-31-11-9-29)15-30-23(21)17(13-24)14-25-30/h2,7,12,14-15,18,20H,3-6,8-11H2,1H3,(H,26,28). The highest BCUT2D eigenvalue weighted by Gasteiger charge is 2.25. The Kier molecular flexibility index (Phi) is 5.77. The van der Waals surface area contributed by atoms with Gasteiger partial charge in [-0.15, -0.1) is 5.10 Å². The highest BCUT2D eigenvalue weighted by atomic mass is 16.5. The van der Waals surface area contributed by atoms with Gasteiger partial charge in [-0.3, -0.25) is 0 Å². The molecule has 9 heteroatoms. The lowest BCUT2D eigenvalue weighted by atomic mass is 9.93. The first-order valence-electron chi connectivity index (χ1n) is 11.2. The van der Waals surface area contributed by atoms with Crippen molar-refractivity contribution in [2.45, 2.75) is 44.8 Å². The number of aromatic nitrogens is 4. The fourth-order valence-electron chi connectivity index (χ4n) is 4.43. The van der Waals surface area contributed by atoms with Crippen molar-refractivity contribution in [1.29, 1.82) is 5.26 Å². The van der Waals surface area contributed by atoms with Crippen LogP contribution in [-0.4, -0.2) is 58.3 Å². The van der Waals surface area contributed by atoms with Crippen molar-refractivity contribution in [3.63, 3.8) is 0 Å². The van der Waals surface area contributed by atoms with Crippen LogP contribution < -0.4 is 15.0 Å². The van der Waals surface area contributed by atoms with Crippen LogP contribution >= 0.6 is 0 Å². The molecule has 32 heavy (non-hydrogen) atoms. The second-order valence-electron chi connectivity index (χ2n) is 8.42. The average Bonchev–Trinajstić information content (AvgIpc) is 3.26. The van der Waals surface area contributed by atoms with Crippen LogP contribution in [0.15, 0.2) is 30.6 Å². The number of pyridine rings is 1. The Balaban J connectivity index is 1.30. The third-order valence-electron chi connectivity index (χ3n) is 6.18. The molecule has 3 aromatic rings. The molecule has 1 saturated carbocycles. The van der Waals surface area contributed by atoms with Crippen LogP contribution in [0.25, 0.3) is 5.52 Å². The molecule has 166 valence electrons. The maximum Gasteiger partial charge on any atom is 0.148 e. The zero-order valence-electron chi connectivity index (χ0n) is 18.2. The van der Waals surface area contributed by atoms with E-state index in [9.17, 15) is 5.26 Å². The number of hydrogen-bond acceptors (Lipinski definition) is 8. The Hall–Kier alpha value is -3.38. The topological polar surface area (TPSA) is 101 Å². The van der Waals surface area contributed by atoms with Crippen molar-refractivity contribution in [2.75, 3.05) is 36.5 Å². The van der Waals surface area contributed by atoms with Gasteiger partial charge in [0, 0.05) is 25.2 Å². The fraction of sp³-hybridized carbons (Fsp3) is 0.478. The zero-order chi connectivity index (χ0) is 21.9. The summed E-state index contributed by atoms with van der Waals surface area (Å²) >= 11 is 0. The first kappa shape index (κ1) is 20.5. The first-order chi connectivity index (χ1) is 15.7. The lowest BCUT2D eigenvalue weighted by Gasteiger charge is -2.31. The van der Waals surface area contributed by atoms with Crippen LogP contribution in [0.3, 0.4) is 0 Å². The van der Waals surface area contributed by atoms with E-state index in [1.807, 2.05) is 25.3 Å². The highest BCUT2D eigenvalue weighted by molar-refractivity contribution is 5.72. The molecule has 1 N–H and O–H groups in total. The number of fused-ring (bicyclic) bond motifs is 1. The number of hydrogen-bond donors (Lipinski definition) is 1. The summed E-state index contributed by atoms with van der Waals surface area (Å²) in [4.78, 5) is 2.27. The second kappa shape index (κ2) is 9.01. The van der Waals surface area contributed by atoms with Crippen molar-refractivity contribution >= 4 is 17.0 Å². The van der Waals surface area contributed by atoms with Gasteiger partial charge < -0.3 is 19.7 Å². The zero-order valence-corrected chi connectivity index (χ0v) is 18.2. The summed E-state index contributed by atoms with van der Waals surface area (Å²) in [7, 11) is 0. The molecule has 0 radical (unpaired) electrons. The molecule has 0 spiro atoms. The highest BCUT2D eigenvalue weighted by Crippen LogP contribution is 2.33. The van der Waals surface area contributed by atoms with Gasteiger partial charge in [0.2, 0.25) is 0 Å². The molecular weight excluding hydrogens is 406 g/mol. The van der Waals surface area contributed by atoms with Crippen LogP contribution in [0.1, 0.15) is 36.9 Å². The van der Waals surface area contributed by atoms with E-state index in [1.165, 1.54) is 0 Å². The monoisotopic (exact) mass is 433 g/mol. The van der Waals surface area contributed by atoms with Gasteiger partial charge in [-0.1, -0.05) is 0 Å². The Bertz CT molecular complexity index is 1110. The summed E-state index contributed by atoms with van der Waals surface area (Å²) in [6.45, 7) is 5.01. The van der Waals surface area contributed by atoms with Crippen molar-refractivity contribution in [1.82, 2.24) is 19.8 Å². The molecule has 1 aliphatic carbocycles. The third-order valence-corrected chi connectivity index (χ3v) is 6.18. The number of morpholine rings is 1. The lowest BCUT2D eigenvalue weighted by molar-refractivity contribution is 0.122. The molecule has 3 aromatic heterocycles. The summed E-state index contributed by atoms with van der Waals surface area (Å²) in [5.41, 5.74) is 3.22. The number of nitrogens with one attached hydrogen (secondary N) is 1. The molecule has 2 fully saturated rings. The van der Waals surface area contributed by atoms with Gasteiger partial charge in [0.1, 0.15) is 28.7 Å². The predicted molar refractivity (Wildman–Crippen MR) is 120 cm³/mol. The molecule has 0 amide bonds. The molecule has 1 saturated heterocycles. The lowest BCUT2D eigenvalue weighted by Crippen LogP contribution is -2.36. The number of rotatable bonds is 5. The molecule has 0 atom stereocenters. The van der Waals surface area contributed by atoms with E-state index in [2.05, 4.69) is 37.6 Å². The number of aryl methyl sites for hydroxylation is 1. The van der Waals surface area contributed by atoms with E-state index < -0.39 is 0 Å². The number of nitriles is 1. The van der Waals surface area contributed by atoms with E-state index in [4.69, 9.17) is 9.47 Å². The number of anilines is 2. The van der Waals surface area contributed by atoms with Crippen LogP contribution in [-0.2, 0) is 4.74 Å². The van der Waals surface area contributed by atoms with E-state index in [0.29, 0.717) is 24.8 Å². The Labute approximate surface area is 186 Å². The molecule has 2 aliphatic rings. The average molecular weight is 434 g/mol. The third kappa shape index (κ3) is 4.32. The SMILES string of the molecule is Cc1ccc(NC2CCC(Oc3cc(N4CCOCC4)cn4ncc(C#N)c34)CC2)nn1. The fourth-order valence-corrected chi connectivity index (χ4v) is 4.43. The minimum Gasteiger partial charge on any atom is -0.488 e. The molecule has 4 heterocycles. The summed E-state index contributed by atoms with van der Waals surface area (Å²) < 4.78 is 13.7. The van der Waals surface area contributed by atoms with Gasteiger partial charge in [-0.05, 0) is 44.7 Å². The smallest absolute Gasteiger partial charge is 0.148 e. The van der Waals surface area contributed by atoms with Gasteiger partial charge in [-0.25, -0.2) is 4.52 Å². The van der Waals surface area contributed by atoms with Gasteiger partial charge in [-0.2, -0.15) is 15.5 Å². The quantitative estimate of drug-likeness (QED) is 0.656. The first-order valence-corrected chi connectivity index (χ1v) is 11.2. The van der Waals surface area contributed by atoms with Crippen LogP contribution in [0.4, 0.5) is 11.5 Å². The molecule has 1 aliphatic heterocycles. The van der Waals surface area contributed by atoms with Gasteiger partial charge in [0.05, 0.1) is 43.1 Å². The van der Waals surface area contributed by atoms with Crippen molar-refractivity contribution < 1.29 is 9.47 Å². The normalized spacial score (nSPS) is 21.3. The maximum atomic E-state index is 9.56. The van der Waals surface area contributed by atoms with Crippen LogP contribution in [0.2, 0.25) is 0 Å². The molecular formula is C23H27N7O2. The van der Waals surface area contributed by atoms with Gasteiger partial charge in [0.25, 0.3) is 0 Å². The van der Waals surface area contributed by atoms with Crippen LogP contribution in [0.5, 0.6) is 5.75 Å². The molecule has 5 rings (SSSR count). The molecule has 9 nitrogen and oxygen atoms in total. The maximum absolute atomic E-state index is 9.56. The molecule has 0 unspecified atom stereocenters. The van der Waals surface area contributed by atoms with Crippen molar-refractivity contribution in [2.24, 2.45) is 0 Å². The van der Waals surface area contributed by atoms with Gasteiger partial charge >= 0.3 is 0 Å². The van der Waals surface area contributed by atoms with E-state index in [1.54, 1.807) is 10.7 Å². The summed E-state index contributed by atoms with van der Waals surface area (Å²) in [6, 6.07) is 8.60. The Morgan fingerprint density at radius 1 is 1.16 bits per heavy atom. The van der Waals surface area contributed by atoms with Crippen molar-refractivity contribution in [3.8, 4) is 11.8 Å². The second-order valence-corrected chi connectivity index (χ2v) is 8.42. The van der Waals surface area contributed by atoms with Crippen molar-refractivity contribution in [3.05, 3.63) is 41.9 Å². The van der Waals surface area contributed by atoms with E-state index in [-0.39, 0.29) is 6.10 Å². The van der Waals surface area contributed by atoms with Crippen LogP contribution in [0, 0.1) is 18.3 Å². The summed E-state index contributed by atoms with van der Waals surface area (Å²) in [6.07, 6.45) is 7.52. The largest absolute Gasteiger partial charge is 0.488 e. The minimum absolute atomic E-state index is 0.0994. The van der Waals surface area contributed by atoms with E-state index in [0.717, 1.165) is 67.2 Å². The Morgan fingerprint density at radius 3 is 2.69 bits per heavy atom. The summed E-state index contributed by atoms with van der Waals surface area (Å²) in [5.74, 6) is 1.54. The molecule has 0 aromatic carbocycles. The number of nitrogens with zero attached hydrogens (tertiary/aromatic N) is 6. The van der Waals surface area contributed by atoms with Gasteiger partial charge in [0.15, 0.2) is 0 Å². The predicted octanol–water partition coefficient (Wildman–Crippen LogP) is 2.94. The summed E-state index contributed by atoms with van der Waals surface area (Å²) in [5, 5.41) is 25.8. The Morgan fingerprint density at radius 2 is 1.97 bits per heavy atom. The minimum atomic E-state index is 0.0994. The van der Waals surface area contributed by atoms with E-state index >= 15 is 0 Å². The number of ether oxygens (including phenoxy) is 2. The molecule has 0 bridgehead atoms.